The van der Waals surface area contributed by atoms with Crippen LogP contribution in [0.3, 0.4) is 0 Å². The molecule has 7 heteroatoms. The first-order chi connectivity index (χ1) is 8.88. The minimum absolute atomic E-state index is 0.413. The van der Waals surface area contributed by atoms with Crippen molar-refractivity contribution in [3.05, 3.63) is 0 Å². The van der Waals surface area contributed by atoms with Gasteiger partial charge in [0.2, 0.25) is 5.91 Å². The maximum Gasteiger partial charge on any atom is 0.326 e. The highest BCUT2D eigenvalue weighted by molar-refractivity contribution is 5.87. The monoisotopic (exact) mass is 271 g/mol. The number of primary amides is 1. The Kier molecular flexibility index (Phi) is 5.59. The zero-order valence-electron chi connectivity index (χ0n) is 11.0. The molecule has 0 spiro atoms. The Hall–Kier alpha value is -1.79. The van der Waals surface area contributed by atoms with Gasteiger partial charge >= 0.3 is 12.0 Å². The Bertz CT molecular complexity index is 359. The molecule has 0 aromatic rings. The van der Waals surface area contributed by atoms with Crippen LogP contribution in [0.5, 0.6) is 0 Å². The average molecular weight is 271 g/mol. The number of carbonyl (C=O) groups is 3. The lowest BCUT2D eigenvalue weighted by molar-refractivity contribution is -0.140. The van der Waals surface area contributed by atoms with E-state index in [-0.39, 0.29) is 0 Å². The fraction of sp³-hybridized carbons (Fsp3) is 0.750. The molecule has 7 nitrogen and oxygen atoms in total. The molecule has 0 saturated heterocycles. The number of amides is 3. The number of urea groups is 1. The van der Waals surface area contributed by atoms with Crippen LogP contribution in [0.4, 0.5) is 4.79 Å². The number of rotatable bonds is 6. The van der Waals surface area contributed by atoms with Crippen molar-refractivity contribution < 1.29 is 19.5 Å². The highest BCUT2D eigenvalue weighted by Gasteiger charge is 2.24. The second kappa shape index (κ2) is 6.96. The molecule has 1 rings (SSSR count). The standard InChI is InChI=1S/C12H21N3O4/c1-7-2-3-8(4-7)6-14-12(19)15-9(11(17)18)5-10(13)16/h7-9H,2-6H2,1H3,(H2,13,16)(H,17,18)(H2,14,15,19)/t7?,8?,9-/m1/s1. The highest BCUT2D eigenvalue weighted by atomic mass is 16.4. The van der Waals surface area contributed by atoms with Gasteiger partial charge in [-0.2, -0.15) is 0 Å². The van der Waals surface area contributed by atoms with E-state index in [0.29, 0.717) is 18.4 Å². The van der Waals surface area contributed by atoms with Gasteiger partial charge in [-0.3, -0.25) is 4.79 Å². The molecule has 1 fully saturated rings. The molecule has 3 amide bonds. The van der Waals surface area contributed by atoms with E-state index in [0.717, 1.165) is 19.3 Å². The molecule has 1 aliphatic carbocycles. The van der Waals surface area contributed by atoms with E-state index in [4.69, 9.17) is 10.8 Å². The maximum atomic E-state index is 11.5. The van der Waals surface area contributed by atoms with Crippen molar-refractivity contribution >= 4 is 17.9 Å². The van der Waals surface area contributed by atoms with Crippen molar-refractivity contribution in [2.75, 3.05) is 6.54 Å². The summed E-state index contributed by atoms with van der Waals surface area (Å²) in [5.74, 6) is -0.919. The summed E-state index contributed by atoms with van der Waals surface area (Å²) in [6.07, 6.45) is 2.89. The molecular formula is C12H21N3O4. The number of carboxylic acid groups (broad SMARTS) is 1. The van der Waals surface area contributed by atoms with Crippen molar-refractivity contribution in [1.82, 2.24) is 10.6 Å². The van der Waals surface area contributed by atoms with Crippen molar-refractivity contribution in [1.29, 1.82) is 0 Å². The molecule has 0 heterocycles. The summed E-state index contributed by atoms with van der Waals surface area (Å²) in [6, 6.07) is -1.85. The number of hydrogen-bond acceptors (Lipinski definition) is 3. The van der Waals surface area contributed by atoms with Gasteiger partial charge in [0.05, 0.1) is 6.42 Å². The van der Waals surface area contributed by atoms with Crippen molar-refractivity contribution in [2.24, 2.45) is 17.6 Å². The van der Waals surface area contributed by atoms with E-state index in [1.54, 1.807) is 0 Å². The zero-order chi connectivity index (χ0) is 14.4. The molecule has 0 radical (unpaired) electrons. The molecule has 108 valence electrons. The summed E-state index contributed by atoms with van der Waals surface area (Å²) in [5.41, 5.74) is 4.92. The van der Waals surface area contributed by atoms with E-state index in [1.807, 2.05) is 0 Å². The van der Waals surface area contributed by atoms with Crippen LogP contribution in [-0.4, -0.2) is 35.6 Å². The van der Waals surface area contributed by atoms with Gasteiger partial charge in [0.25, 0.3) is 0 Å². The SMILES string of the molecule is CC1CCC(CNC(=O)N[C@H](CC(N)=O)C(=O)O)C1. The maximum absolute atomic E-state index is 11.5. The normalized spacial score (nSPS) is 23.6. The van der Waals surface area contributed by atoms with Crippen LogP contribution in [0.1, 0.15) is 32.6 Å². The summed E-state index contributed by atoms with van der Waals surface area (Å²) in [5, 5.41) is 13.7. The Morgan fingerprint density at radius 3 is 2.53 bits per heavy atom. The second-order valence-electron chi connectivity index (χ2n) is 5.20. The summed E-state index contributed by atoms with van der Waals surface area (Å²) in [4.78, 5) is 33.0. The summed E-state index contributed by atoms with van der Waals surface area (Å²) < 4.78 is 0. The Balaban J connectivity index is 2.32. The first-order valence-electron chi connectivity index (χ1n) is 6.44. The van der Waals surface area contributed by atoms with Gasteiger partial charge in [0, 0.05) is 6.54 Å². The first kappa shape index (κ1) is 15.3. The predicted molar refractivity (Wildman–Crippen MR) is 68.3 cm³/mol. The number of hydrogen-bond donors (Lipinski definition) is 4. The Morgan fingerprint density at radius 2 is 2.05 bits per heavy atom. The number of carbonyl (C=O) groups excluding carboxylic acids is 2. The van der Waals surface area contributed by atoms with Gasteiger partial charge < -0.3 is 21.5 Å². The topological polar surface area (TPSA) is 122 Å². The van der Waals surface area contributed by atoms with Crippen LogP contribution >= 0.6 is 0 Å². The number of nitrogens with one attached hydrogen (secondary N) is 2. The van der Waals surface area contributed by atoms with Crippen LogP contribution in [-0.2, 0) is 9.59 Å². The third kappa shape index (κ3) is 5.58. The lowest BCUT2D eigenvalue weighted by Gasteiger charge is -2.15. The minimum atomic E-state index is -1.28. The molecule has 0 bridgehead atoms. The lowest BCUT2D eigenvalue weighted by atomic mass is 10.1. The molecule has 19 heavy (non-hydrogen) atoms. The Morgan fingerprint density at radius 1 is 1.37 bits per heavy atom. The van der Waals surface area contributed by atoms with Gasteiger partial charge in [-0.25, -0.2) is 9.59 Å². The van der Waals surface area contributed by atoms with Crippen molar-refractivity contribution in [2.45, 2.75) is 38.6 Å². The summed E-state index contributed by atoms with van der Waals surface area (Å²) in [6.45, 7) is 2.70. The molecule has 0 aliphatic heterocycles. The molecule has 5 N–H and O–H groups in total. The van der Waals surface area contributed by atoms with E-state index in [1.165, 1.54) is 0 Å². The van der Waals surface area contributed by atoms with Crippen molar-refractivity contribution in [3.63, 3.8) is 0 Å². The van der Waals surface area contributed by atoms with Gasteiger partial charge in [-0.15, -0.1) is 0 Å². The fourth-order valence-corrected chi connectivity index (χ4v) is 2.36. The molecule has 0 aromatic carbocycles. The van der Waals surface area contributed by atoms with Crippen LogP contribution in [0.2, 0.25) is 0 Å². The van der Waals surface area contributed by atoms with Crippen LogP contribution in [0.25, 0.3) is 0 Å². The summed E-state index contributed by atoms with van der Waals surface area (Å²) >= 11 is 0. The second-order valence-corrected chi connectivity index (χ2v) is 5.20. The molecular weight excluding hydrogens is 250 g/mol. The number of carboxylic acids is 1. The van der Waals surface area contributed by atoms with E-state index < -0.39 is 30.4 Å². The third-order valence-electron chi connectivity index (χ3n) is 3.36. The largest absolute Gasteiger partial charge is 0.480 e. The molecule has 1 saturated carbocycles. The fourth-order valence-electron chi connectivity index (χ4n) is 2.36. The smallest absolute Gasteiger partial charge is 0.326 e. The van der Waals surface area contributed by atoms with E-state index >= 15 is 0 Å². The number of aliphatic carboxylic acids is 1. The van der Waals surface area contributed by atoms with Gasteiger partial charge in [0.1, 0.15) is 6.04 Å². The molecule has 2 unspecified atom stereocenters. The van der Waals surface area contributed by atoms with Gasteiger partial charge in [0.15, 0.2) is 0 Å². The number of nitrogens with two attached hydrogens (primary N) is 1. The van der Waals surface area contributed by atoms with Crippen molar-refractivity contribution in [3.8, 4) is 0 Å². The molecule has 0 aromatic heterocycles. The lowest BCUT2D eigenvalue weighted by Crippen LogP contribution is -2.48. The van der Waals surface area contributed by atoms with E-state index in [9.17, 15) is 14.4 Å². The van der Waals surface area contributed by atoms with Gasteiger partial charge in [-0.05, 0) is 24.7 Å². The van der Waals surface area contributed by atoms with Crippen LogP contribution in [0.15, 0.2) is 0 Å². The minimum Gasteiger partial charge on any atom is -0.480 e. The molecule has 3 atom stereocenters. The quantitative estimate of drug-likeness (QED) is 0.545. The van der Waals surface area contributed by atoms with Gasteiger partial charge in [-0.1, -0.05) is 13.3 Å². The zero-order valence-corrected chi connectivity index (χ0v) is 11.0. The van der Waals surface area contributed by atoms with Crippen LogP contribution < -0.4 is 16.4 Å². The average Bonchev–Trinajstić information content (AvgIpc) is 2.71. The Labute approximate surface area is 111 Å². The van der Waals surface area contributed by atoms with Crippen LogP contribution in [0, 0.1) is 11.8 Å². The third-order valence-corrected chi connectivity index (χ3v) is 3.36. The highest BCUT2D eigenvalue weighted by Crippen LogP contribution is 2.29. The van der Waals surface area contributed by atoms with E-state index in [2.05, 4.69) is 17.6 Å². The first-order valence-corrected chi connectivity index (χ1v) is 6.44. The summed E-state index contributed by atoms with van der Waals surface area (Å²) in [7, 11) is 0. The molecule has 1 aliphatic rings. The predicted octanol–water partition coefficient (Wildman–Crippen LogP) is 0.0504.